The van der Waals surface area contributed by atoms with Crippen molar-refractivity contribution in [2.75, 3.05) is 0 Å². The van der Waals surface area contributed by atoms with E-state index in [1.54, 1.807) is 4.68 Å². The van der Waals surface area contributed by atoms with Gasteiger partial charge in [0.25, 0.3) is 5.89 Å². The first kappa shape index (κ1) is 19.4. The van der Waals surface area contributed by atoms with Crippen molar-refractivity contribution in [2.24, 2.45) is 5.73 Å². The number of nitrogens with zero attached hydrogens (tertiary/aromatic N) is 4. The Morgan fingerprint density at radius 3 is 2.48 bits per heavy atom. The number of hydrogen-bond donors (Lipinski definition) is 2. The van der Waals surface area contributed by atoms with Gasteiger partial charge in [-0.3, -0.25) is 0 Å². The second-order valence-electron chi connectivity index (χ2n) is 7.34. The summed E-state index contributed by atoms with van der Waals surface area (Å²) >= 11 is 0. The average Bonchev–Trinajstić information content (AvgIpc) is 3.35. The fraction of sp³-hybridized carbons (Fsp3) is 0.421. The predicted octanol–water partition coefficient (Wildman–Crippen LogP) is 3.90. The van der Waals surface area contributed by atoms with E-state index in [9.17, 15) is 5.11 Å². The van der Waals surface area contributed by atoms with E-state index in [0.717, 1.165) is 31.4 Å². The smallest absolute Gasteiger partial charge is 0.282 e. The standard InChI is InChI=1S/C19H23N5O2.ClH/c1-12(2)13-5-7-14(8-6-13)24-11-15(25)16(22-24)17-21-18(23-26-17)19(20)9-3-4-10-19;/h5-8,11-12,25H,3-4,9-10,20H2,1-2H3;1H. The van der Waals surface area contributed by atoms with E-state index >= 15 is 0 Å². The monoisotopic (exact) mass is 389 g/mol. The first-order valence-electron chi connectivity index (χ1n) is 8.99. The zero-order valence-corrected chi connectivity index (χ0v) is 16.2. The summed E-state index contributed by atoms with van der Waals surface area (Å²) < 4.78 is 6.94. The lowest BCUT2D eigenvalue weighted by Crippen LogP contribution is -2.34. The van der Waals surface area contributed by atoms with Crippen LogP contribution in [0.15, 0.2) is 35.0 Å². The third kappa shape index (κ3) is 3.57. The van der Waals surface area contributed by atoms with Gasteiger partial charge in [-0.05, 0) is 36.5 Å². The number of halogens is 1. The van der Waals surface area contributed by atoms with Crippen molar-refractivity contribution >= 4 is 12.4 Å². The van der Waals surface area contributed by atoms with Crippen LogP contribution in [-0.4, -0.2) is 25.0 Å². The second-order valence-corrected chi connectivity index (χ2v) is 7.34. The summed E-state index contributed by atoms with van der Waals surface area (Å²) in [4.78, 5) is 4.40. The maximum absolute atomic E-state index is 10.3. The molecular formula is C19H24ClN5O2. The van der Waals surface area contributed by atoms with Crippen LogP contribution < -0.4 is 5.73 Å². The van der Waals surface area contributed by atoms with E-state index in [-0.39, 0.29) is 29.7 Å². The molecule has 27 heavy (non-hydrogen) atoms. The summed E-state index contributed by atoms with van der Waals surface area (Å²) in [6.07, 6.45) is 5.35. The van der Waals surface area contributed by atoms with Crippen LogP contribution in [0.2, 0.25) is 0 Å². The van der Waals surface area contributed by atoms with Gasteiger partial charge >= 0.3 is 0 Å². The normalized spacial score (nSPS) is 15.9. The summed E-state index contributed by atoms with van der Waals surface area (Å²) in [5, 5.41) is 18.7. The SMILES string of the molecule is CC(C)c1ccc(-n2cc(O)c(-c3nc(C4(N)CCCC4)no3)n2)cc1.Cl. The van der Waals surface area contributed by atoms with Crippen LogP contribution in [-0.2, 0) is 5.54 Å². The summed E-state index contributed by atoms with van der Waals surface area (Å²) in [5.41, 5.74) is 8.19. The Morgan fingerprint density at radius 2 is 1.85 bits per heavy atom. The third-order valence-corrected chi connectivity index (χ3v) is 5.09. The quantitative estimate of drug-likeness (QED) is 0.701. The molecule has 7 nitrogen and oxygen atoms in total. The molecular weight excluding hydrogens is 366 g/mol. The van der Waals surface area contributed by atoms with Gasteiger partial charge in [-0.25, -0.2) is 4.68 Å². The van der Waals surface area contributed by atoms with Crippen molar-refractivity contribution in [3.63, 3.8) is 0 Å². The minimum Gasteiger partial charge on any atom is -0.504 e. The lowest BCUT2D eigenvalue weighted by Gasteiger charge is -2.17. The van der Waals surface area contributed by atoms with Gasteiger partial charge in [-0.1, -0.05) is 44.0 Å². The van der Waals surface area contributed by atoms with Gasteiger partial charge in [-0.2, -0.15) is 10.1 Å². The number of aromatic hydroxyl groups is 1. The highest BCUT2D eigenvalue weighted by atomic mass is 35.5. The summed E-state index contributed by atoms with van der Waals surface area (Å²) in [5.74, 6) is 1.12. The Hall–Kier alpha value is -2.38. The number of nitrogens with two attached hydrogens (primary N) is 1. The van der Waals surface area contributed by atoms with Crippen LogP contribution in [0, 0.1) is 0 Å². The van der Waals surface area contributed by atoms with Crippen LogP contribution in [0.3, 0.4) is 0 Å². The molecule has 0 amide bonds. The molecule has 8 heteroatoms. The van der Waals surface area contributed by atoms with E-state index in [0.29, 0.717) is 11.7 Å². The number of hydrogen-bond acceptors (Lipinski definition) is 6. The van der Waals surface area contributed by atoms with Gasteiger partial charge in [0.1, 0.15) is 0 Å². The second kappa shape index (κ2) is 7.32. The molecule has 2 heterocycles. The van der Waals surface area contributed by atoms with Crippen molar-refractivity contribution in [3.05, 3.63) is 41.9 Å². The Bertz CT molecular complexity index is 911. The van der Waals surface area contributed by atoms with Crippen molar-refractivity contribution < 1.29 is 9.63 Å². The van der Waals surface area contributed by atoms with Gasteiger partial charge in [0.2, 0.25) is 0 Å². The molecule has 0 aliphatic heterocycles. The number of rotatable bonds is 4. The first-order valence-corrected chi connectivity index (χ1v) is 8.99. The van der Waals surface area contributed by atoms with Gasteiger partial charge in [0, 0.05) is 0 Å². The van der Waals surface area contributed by atoms with Crippen molar-refractivity contribution in [1.82, 2.24) is 19.9 Å². The minimum absolute atomic E-state index is 0. The van der Waals surface area contributed by atoms with Crippen LogP contribution in [0.5, 0.6) is 5.75 Å². The molecule has 1 aromatic carbocycles. The Labute approximate surface area is 164 Å². The molecule has 0 atom stereocenters. The van der Waals surface area contributed by atoms with Crippen LogP contribution >= 0.6 is 12.4 Å². The molecule has 1 saturated carbocycles. The highest BCUT2D eigenvalue weighted by molar-refractivity contribution is 5.85. The number of aromatic nitrogens is 4. The van der Waals surface area contributed by atoms with E-state index < -0.39 is 5.54 Å². The molecule has 0 saturated heterocycles. The Morgan fingerprint density at radius 1 is 1.19 bits per heavy atom. The molecule has 1 aliphatic rings. The highest BCUT2D eigenvalue weighted by Crippen LogP contribution is 2.36. The van der Waals surface area contributed by atoms with E-state index in [4.69, 9.17) is 10.3 Å². The van der Waals surface area contributed by atoms with Crippen molar-refractivity contribution in [2.45, 2.75) is 51.0 Å². The minimum atomic E-state index is -0.535. The van der Waals surface area contributed by atoms with Crippen LogP contribution in [0.4, 0.5) is 0 Å². The van der Waals surface area contributed by atoms with Gasteiger partial charge < -0.3 is 15.4 Å². The van der Waals surface area contributed by atoms with E-state index in [2.05, 4.69) is 41.2 Å². The van der Waals surface area contributed by atoms with Gasteiger partial charge in [0.15, 0.2) is 17.3 Å². The van der Waals surface area contributed by atoms with Crippen molar-refractivity contribution in [3.8, 4) is 23.0 Å². The van der Waals surface area contributed by atoms with Crippen LogP contribution in [0.25, 0.3) is 17.3 Å². The topological polar surface area (TPSA) is 103 Å². The lowest BCUT2D eigenvalue weighted by atomic mass is 9.99. The number of benzene rings is 1. The zero-order chi connectivity index (χ0) is 18.3. The molecule has 0 radical (unpaired) electrons. The van der Waals surface area contributed by atoms with E-state index in [1.165, 1.54) is 11.8 Å². The summed E-state index contributed by atoms with van der Waals surface area (Å²) in [6.45, 7) is 4.29. The summed E-state index contributed by atoms with van der Waals surface area (Å²) in [6, 6.07) is 8.05. The highest BCUT2D eigenvalue weighted by Gasteiger charge is 2.36. The molecule has 0 spiro atoms. The molecule has 0 unspecified atom stereocenters. The molecule has 1 aliphatic carbocycles. The maximum atomic E-state index is 10.3. The third-order valence-electron chi connectivity index (χ3n) is 5.09. The zero-order valence-electron chi connectivity index (χ0n) is 15.4. The molecule has 3 aromatic rings. The largest absolute Gasteiger partial charge is 0.504 e. The fourth-order valence-electron chi connectivity index (χ4n) is 3.41. The van der Waals surface area contributed by atoms with Crippen LogP contribution in [0.1, 0.15) is 56.8 Å². The van der Waals surface area contributed by atoms with E-state index in [1.807, 2.05) is 12.1 Å². The molecule has 2 aromatic heterocycles. The van der Waals surface area contributed by atoms with Gasteiger partial charge in [-0.15, -0.1) is 12.4 Å². The maximum Gasteiger partial charge on any atom is 0.282 e. The summed E-state index contributed by atoms with van der Waals surface area (Å²) in [7, 11) is 0. The molecule has 3 N–H and O–H groups in total. The average molecular weight is 390 g/mol. The molecule has 0 bridgehead atoms. The van der Waals surface area contributed by atoms with Gasteiger partial charge in [0.05, 0.1) is 17.4 Å². The molecule has 144 valence electrons. The predicted molar refractivity (Wildman–Crippen MR) is 104 cm³/mol. The first-order chi connectivity index (χ1) is 12.5. The fourth-order valence-corrected chi connectivity index (χ4v) is 3.41. The molecule has 4 rings (SSSR count). The lowest BCUT2D eigenvalue weighted by molar-refractivity contribution is 0.371. The Balaban J connectivity index is 0.00000210. The van der Waals surface area contributed by atoms with Crippen molar-refractivity contribution in [1.29, 1.82) is 0 Å². The Kier molecular flexibility index (Phi) is 5.26. The molecule has 1 fully saturated rings.